The molecule has 0 bridgehead atoms. The fourth-order valence-electron chi connectivity index (χ4n) is 2.59. The Kier molecular flexibility index (Phi) is 4.71. The van der Waals surface area contributed by atoms with Gasteiger partial charge in [0.15, 0.2) is 0 Å². The standard InChI is InChI=1S/C21H18N2/c22-15-18-11-13-20(14-12-18)17-23(21-9-5-2-6-10-21)16-19-7-3-1-4-8-19/h1-14H,16-17H2. The molecule has 0 N–H and O–H groups in total. The molecule has 0 aromatic heterocycles. The fourth-order valence-corrected chi connectivity index (χ4v) is 2.59. The third kappa shape index (κ3) is 3.99. The van der Waals surface area contributed by atoms with Crippen LogP contribution in [-0.4, -0.2) is 0 Å². The maximum atomic E-state index is 8.92. The van der Waals surface area contributed by atoms with Gasteiger partial charge in [0.05, 0.1) is 11.6 Å². The van der Waals surface area contributed by atoms with E-state index in [1.54, 1.807) is 0 Å². The Morgan fingerprint density at radius 2 is 1.17 bits per heavy atom. The SMILES string of the molecule is N#Cc1ccc(CN(Cc2ccccc2)c2ccccc2)cc1. The number of rotatable bonds is 5. The highest BCUT2D eigenvalue weighted by Crippen LogP contribution is 2.20. The van der Waals surface area contributed by atoms with E-state index < -0.39 is 0 Å². The molecule has 0 aliphatic heterocycles. The summed E-state index contributed by atoms with van der Waals surface area (Å²) < 4.78 is 0. The van der Waals surface area contributed by atoms with Crippen LogP contribution < -0.4 is 4.90 Å². The van der Waals surface area contributed by atoms with Crippen LogP contribution in [0, 0.1) is 11.3 Å². The predicted molar refractivity (Wildman–Crippen MR) is 93.9 cm³/mol. The molecule has 3 aromatic carbocycles. The molecule has 0 spiro atoms. The number of hydrogen-bond donors (Lipinski definition) is 0. The molecule has 0 atom stereocenters. The summed E-state index contributed by atoms with van der Waals surface area (Å²) in [6.07, 6.45) is 0. The second-order valence-corrected chi connectivity index (χ2v) is 5.49. The van der Waals surface area contributed by atoms with Crippen molar-refractivity contribution < 1.29 is 0 Å². The Balaban J connectivity index is 1.84. The molecule has 0 fully saturated rings. The Hall–Kier alpha value is -3.05. The molecule has 0 aliphatic rings. The third-order valence-electron chi connectivity index (χ3n) is 3.79. The topological polar surface area (TPSA) is 27.0 Å². The van der Waals surface area contributed by atoms with Gasteiger partial charge in [0.2, 0.25) is 0 Å². The number of benzene rings is 3. The molecule has 0 radical (unpaired) electrons. The highest BCUT2D eigenvalue weighted by atomic mass is 15.1. The van der Waals surface area contributed by atoms with Crippen molar-refractivity contribution in [1.29, 1.82) is 5.26 Å². The minimum atomic E-state index is 0.697. The fraction of sp³-hybridized carbons (Fsp3) is 0.0952. The average molecular weight is 298 g/mol. The van der Waals surface area contributed by atoms with E-state index in [0.717, 1.165) is 13.1 Å². The van der Waals surface area contributed by atoms with Crippen LogP contribution in [0.2, 0.25) is 0 Å². The Bertz CT molecular complexity index is 772. The molecule has 0 unspecified atom stereocenters. The molecule has 0 saturated heterocycles. The normalized spacial score (nSPS) is 10.0. The number of nitriles is 1. The van der Waals surface area contributed by atoms with Gasteiger partial charge in [0.25, 0.3) is 0 Å². The van der Waals surface area contributed by atoms with Gasteiger partial charge in [0, 0.05) is 18.8 Å². The molecular formula is C21H18N2. The average Bonchev–Trinajstić information content (AvgIpc) is 2.63. The molecule has 0 amide bonds. The summed E-state index contributed by atoms with van der Waals surface area (Å²) in [5.41, 5.74) is 4.37. The van der Waals surface area contributed by atoms with Crippen LogP contribution >= 0.6 is 0 Å². The summed E-state index contributed by atoms with van der Waals surface area (Å²) in [6, 6.07) is 30.9. The first-order valence-corrected chi connectivity index (χ1v) is 7.68. The predicted octanol–water partition coefficient (Wildman–Crippen LogP) is 4.77. The molecule has 23 heavy (non-hydrogen) atoms. The minimum Gasteiger partial charge on any atom is -0.363 e. The Labute approximate surface area is 137 Å². The van der Waals surface area contributed by atoms with Crippen LogP contribution in [0.5, 0.6) is 0 Å². The monoisotopic (exact) mass is 298 g/mol. The van der Waals surface area contributed by atoms with Crippen molar-refractivity contribution in [2.75, 3.05) is 4.90 Å². The van der Waals surface area contributed by atoms with Gasteiger partial charge in [-0.05, 0) is 35.4 Å². The van der Waals surface area contributed by atoms with Crippen LogP contribution in [0.1, 0.15) is 16.7 Å². The lowest BCUT2D eigenvalue weighted by atomic mass is 10.1. The van der Waals surface area contributed by atoms with Crippen LogP contribution in [0.3, 0.4) is 0 Å². The molecule has 0 saturated carbocycles. The lowest BCUT2D eigenvalue weighted by Crippen LogP contribution is -2.22. The molecule has 112 valence electrons. The molecule has 2 nitrogen and oxygen atoms in total. The summed E-state index contributed by atoms with van der Waals surface area (Å²) in [7, 11) is 0. The number of anilines is 1. The zero-order valence-electron chi connectivity index (χ0n) is 12.9. The second-order valence-electron chi connectivity index (χ2n) is 5.49. The van der Waals surface area contributed by atoms with Gasteiger partial charge in [0.1, 0.15) is 0 Å². The van der Waals surface area contributed by atoms with Gasteiger partial charge in [-0.1, -0.05) is 60.7 Å². The van der Waals surface area contributed by atoms with E-state index in [0.29, 0.717) is 5.56 Å². The summed E-state index contributed by atoms with van der Waals surface area (Å²) in [5, 5.41) is 8.92. The van der Waals surface area contributed by atoms with E-state index in [1.807, 2.05) is 36.4 Å². The highest BCUT2D eigenvalue weighted by molar-refractivity contribution is 5.47. The van der Waals surface area contributed by atoms with Crippen molar-refractivity contribution in [3.05, 3.63) is 102 Å². The van der Waals surface area contributed by atoms with Crippen molar-refractivity contribution in [3.63, 3.8) is 0 Å². The van der Waals surface area contributed by atoms with Crippen LogP contribution in [0.4, 0.5) is 5.69 Å². The van der Waals surface area contributed by atoms with Crippen molar-refractivity contribution in [2.45, 2.75) is 13.1 Å². The molecular weight excluding hydrogens is 280 g/mol. The molecule has 0 aliphatic carbocycles. The smallest absolute Gasteiger partial charge is 0.0991 e. The van der Waals surface area contributed by atoms with Crippen LogP contribution in [-0.2, 0) is 13.1 Å². The van der Waals surface area contributed by atoms with E-state index in [9.17, 15) is 0 Å². The first-order valence-electron chi connectivity index (χ1n) is 7.68. The summed E-state index contributed by atoms with van der Waals surface area (Å²) >= 11 is 0. The number of para-hydroxylation sites is 1. The number of nitrogens with zero attached hydrogens (tertiary/aromatic N) is 2. The van der Waals surface area contributed by atoms with Gasteiger partial charge in [-0.25, -0.2) is 0 Å². The van der Waals surface area contributed by atoms with Crippen molar-refractivity contribution >= 4 is 5.69 Å². The summed E-state index contributed by atoms with van der Waals surface area (Å²) in [5.74, 6) is 0. The van der Waals surface area contributed by atoms with Gasteiger partial charge < -0.3 is 4.90 Å². The maximum Gasteiger partial charge on any atom is 0.0991 e. The quantitative estimate of drug-likeness (QED) is 0.678. The Morgan fingerprint density at radius 1 is 0.652 bits per heavy atom. The first-order chi connectivity index (χ1) is 11.3. The molecule has 3 rings (SSSR count). The molecule has 3 aromatic rings. The summed E-state index contributed by atoms with van der Waals surface area (Å²) in [6.45, 7) is 1.66. The Morgan fingerprint density at radius 3 is 1.74 bits per heavy atom. The third-order valence-corrected chi connectivity index (χ3v) is 3.79. The molecule has 2 heteroatoms. The van der Waals surface area contributed by atoms with E-state index in [1.165, 1.54) is 16.8 Å². The van der Waals surface area contributed by atoms with Crippen molar-refractivity contribution in [1.82, 2.24) is 0 Å². The minimum absolute atomic E-state index is 0.697. The van der Waals surface area contributed by atoms with E-state index in [4.69, 9.17) is 5.26 Å². The van der Waals surface area contributed by atoms with Gasteiger partial charge in [-0.15, -0.1) is 0 Å². The van der Waals surface area contributed by atoms with Crippen LogP contribution in [0.25, 0.3) is 0 Å². The van der Waals surface area contributed by atoms with E-state index in [-0.39, 0.29) is 0 Å². The number of hydrogen-bond acceptors (Lipinski definition) is 2. The largest absolute Gasteiger partial charge is 0.363 e. The van der Waals surface area contributed by atoms with E-state index in [2.05, 4.69) is 59.5 Å². The zero-order valence-corrected chi connectivity index (χ0v) is 12.9. The van der Waals surface area contributed by atoms with E-state index >= 15 is 0 Å². The highest BCUT2D eigenvalue weighted by Gasteiger charge is 2.08. The van der Waals surface area contributed by atoms with Crippen LogP contribution in [0.15, 0.2) is 84.9 Å². The second kappa shape index (κ2) is 7.29. The first kappa shape index (κ1) is 14.9. The van der Waals surface area contributed by atoms with Gasteiger partial charge in [-0.3, -0.25) is 0 Å². The molecule has 0 heterocycles. The lowest BCUT2D eigenvalue weighted by molar-refractivity contribution is 0.800. The summed E-state index contributed by atoms with van der Waals surface area (Å²) in [4.78, 5) is 2.34. The zero-order chi connectivity index (χ0) is 15.9. The van der Waals surface area contributed by atoms with Gasteiger partial charge in [-0.2, -0.15) is 5.26 Å². The maximum absolute atomic E-state index is 8.92. The van der Waals surface area contributed by atoms with Crippen molar-refractivity contribution in [2.24, 2.45) is 0 Å². The van der Waals surface area contributed by atoms with Crippen molar-refractivity contribution in [3.8, 4) is 6.07 Å². The lowest BCUT2D eigenvalue weighted by Gasteiger charge is -2.25. The van der Waals surface area contributed by atoms with Gasteiger partial charge >= 0.3 is 0 Å².